The number of hydrogen-bond acceptors (Lipinski definition) is 1. The smallest absolute Gasteiger partial charge is 0.290 e. The maximum absolute atomic E-state index is 11.4. The number of halogens is 3. The van der Waals surface area contributed by atoms with Crippen molar-refractivity contribution in [2.75, 3.05) is 0 Å². The number of Topliss-reactive ketones (excluding diaryl/α,β-unsaturated/α-hetero) is 1. The van der Waals surface area contributed by atoms with Gasteiger partial charge in [0.2, 0.25) is 5.78 Å². The molecule has 1 unspecified atom stereocenters. The van der Waals surface area contributed by atoms with Gasteiger partial charge >= 0.3 is 6.18 Å². The van der Waals surface area contributed by atoms with Crippen LogP contribution < -0.4 is 0 Å². The molecule has 1 radical (unpaired) electrons. The summed E-state index contributed by atoms with van der Waals surface area (Å²) < 4.78 is 34.3. The fraction of sp³-hybridized carbons (Fsp3) is 0.667. The SMILES string of the molecule is [CH2]C(C)CC(=O)C(F)(F)F. The number of alkyl halides is 3. The third kappa shape index (κ3) is 3.48. The Balaban J connectivity index is 3.87. The minimum Gasteiger partial charge on any atom is -0.290 e. The molecule has 0 rings (SSSR count). The topological polar surface area (TPSA) is 17.1 Å². The number of carbonyl (C=O) groups excluding carboxylic acids is 1. The fourth-order valence-corrected chi connectivity index (χ4v) is 0.432. The summed E-state index contributed by atoms with van der Waals surface area (Å²) in [5.74, 6) is -2.18. The van der Waals surface area contributed by atoms with Crippen molar-refractivity contribution in [3.63, 3.8) is 0 Å². The highest BCUT2D eigenvalue weighted by Gasteiger charge is 2.37. The Bertz CT molecular complexity index is 125. The van der Waals surface area contributed by atoms with E-state index >= 15 is 0 Å². The molecule has 0 aromatic heterocycles. The van der Waals surface area contributed by atoms with Gasteiger partial charge in [0.15, 0.2) is 0 Å². The van der Waals surface area contributed by atoms with Crippen LogP contribution >= 0.6 is 0 Å². The largest absolute Gasteiger partial charge is 0.449 e. The molecule has 0 amide bonds. The highest BCUT2D eigenvalue weighted by atomic mass is 19.4. The first kappa shape index (κ1) is 9.46. The van der Waals surface area contributed by atoms with Gasteiger partial charge in [-0.05, 0) is 5.92 Å². The van der Waals surface area contributed by atoms with Gasteiger partial charge in [-0.25, -0.2) is 0 Å². The predicted octanol–water partition coefficient (Wildman–Crippen LogP) is 1.98. The molecular weight excluding hydrogens is 145 g/mol. The molecule has 0 aliphatic heterocycles. The average molecular weight is 153 g/mol. The zero-order valence-electron chi connectivity index (χ0n) is 5.53. The second kappa shape index (κ2) is 3.03. The molecule has 0 spiro atoms. The van der Waals surface area contributed by atoms with Crippen molar-refractivity contribution >= 4 is 5.78 Å². The summed E-state index contributed by atoms with van der Waals surface area (Å²) in [6.45, 7) is 4.73. The number of carbonyl (C=O) groups is 1. The quantitative estimate of drug-likeness (QED) is 0.592. The van der Waals surface area contributed by atoms with Crippen LogP contribution in [-0.2, 0) is 4.79 Å². The second-order valence-corrected chi connectivity index (χ2v) is 2.23. The average Bonchev–Trinajstić information content (AvgIpc) is 1.60. The summed E-state index contributed by atoms with van der Waals surface area (Å²) in [5.41, 5.74) is 0. The zero-order chi connectivity index (χ0) is 8.36. The maximum atomic E-state index is 11.4. The van der Waals surface area contributed by atoms with Crippen LogP contribution in [0.15, 0.2) is 0 Å². The van der Waals surface area contributed by atoms with E-state index in [-0.39, 0.29) is 0 Å². The summed E-state index contributed by atoms with van der Waals surface area (Å²) in [7, 11) is 0. The first-order chi connectivity index (χ1) is 4.34. The molecule has 1 nitrogen and oxygen atoms in total. The number of hydrogen-bond donors (Lipinski definition) is 0. The highest BCUT2D eigenvalue weighted by molar-refractivity contribution is 5.84. The van der Waals surface area contributed by atoms with E-state index in [0.717, 1.165) is 0 Å². The van der Waals surface area contributed by atoms with Crippen molar-refractivity contribution in [1.29, 1.82) is 0 Å². The van der Waals surface area contributed by atoms with Gasteiger partial charge in [0.1, 0.15) is 0 Å². The van der Waals surface area contributed by atoms with Crippen LogP contribution in [0.1, 0.15) is 13.3 Å². The minimum atomic E-state index is -4.69. The Morgan fingerprint density at radius 3 is 2.10 bits per heavy atom. The summed E-state index contributed by atoms with van der Waals surface area (Å²) in [4.78, 5) is 10.1. The zero-order valence-corrected chi connectivity index (χ0v) is 5.53. The lowest BCUT2D eigenvalue weighted by Gasteiger charge is -2.05. The molecule has 0 heterocycles. The van der Waals surface area contributed by atoms with Gasteiger partial charge in [-0.1, -0.05) is 13.8 Å². The van der Waals surface area contributed by atoms with E-state index in [4.69, 9.17) is 0 Å². The predicted molar refractivity (Wildman–Crippen MR) is 30.2 cm³/mol. The maximum Gasteiger partial charge on any atom is 0.449 e. The van der Waals surface area contributed by atoms with E-state index in [1.807, 2.05) is 0 Å². The summed E-state index contributed by atoms with van der Waals surface area (Å²) >= 11 is 0. The lowest BCUT2D eigenvalue weighted by Crippen LogP contribution is -2.23. The molecule has 59 valence electrons. The summed E-state index contributed by atoms with van der Waals surface area (Å²) in [6.07, 6.45) is -5.21. The van der Waals surface area contributed by atoms with E-state index < -0.39 is 24.3 Å². The molecule has 0 aromatic carbocycles. The van der Waals surface area contributed by atoms with Crippen LogP contribution in [0.3, 0.4) is 0 Å². The van der Waals surface area contributed by atoms with Gasteiger partial charge in [-0.2, -0.15) is 13.2 Å². The standard InChI is InChI=1S/C6H8F3O/c1-4(2)3-5(10)6(7,8)9/h4H,1,3H2,2H3. The highest BCUT2D eigenvalue weighted by Crippen LogP contribution is 2.19. The van der Waals surface area contributed by atoms with Crippen molar-refractivity contribution < 1.29 is 18.0 Å². The monoisotopic (exact) mass is 153 g/mol. The molecule has 0 saturated carbocycles. The summed E-state index contributed by atoms with van der Waals surface area (Å²) in [5, 5.41) is 0. The van der Waals surface area contributed by atoms with Crippen LogP contribution in [0.5, 0.6) is 0 Å². The van der Waals surface area contributed by atoms with Crippen LogP contribution in [0, 0.1) is 12.8 Å². The summed E-state index contributed by atoms with van der Waals surface area (Å²) in [6, 6.07) is 0. The fourth-order valence-electron chi connectivity index (χ4n) is 0.432. The third-order valence-electron chi connectivity index (χ3n) is 0.850. The third-order valence-corrected chi connectivity index (χ3v) is 0.850. The molecule has 0 saturated heterocycles. The molecule has 0 aromatic rings. The molecule has 0 aliphatic rings. The molecule has 4 heteroatoms. The van der Waals surface area contributed by atoms with Crippen molar-refractivity contribution in [2.45, 2.75) is 19.5 Å². The molecule has 1 atom stereocenters. The second-order valence-electron chi connectivity index (χ2n) is 2.23. The van der Waals surface area contributed by atoms with Crippen LogP contribution in [0.25, 0.3) is 0 Å². The van der Waals surface area contributed by atoms with Crippen LogP contribution in [0.2, 0.25) is 0 Å². The Morgan fingerprint density at radius 1 is 1.60 bits per heavy atom. The van der Waals surface area contributed by atoms with E-state index in [0.29, 0.717) is 0 Å². The normalized spacial score (nSPS) is 12.2. The lowest BCUT2D eigenvalue weighted by atomic mass is 10.1. The Kier molecular flexibility index (Phi) is 2.87. The van der Waals surface area contributed by atoms with Crippen molar-refractivity contribution in [3.8, 4) is 0 Å². The van der Waals surface area contributed by atoms with Crippen molar-refractivity contribution in [3.05, 3.63) is 6.92 Å². The molecule has 0 aliphatic carbocycles. The Hall–Kier alpha value is -0.540. The first-order valence-electron chi connectivity index (χ1n) is 2.77. The van der Waals surface area contributed by atoms with E-state index in [1.54, 1.807) is 0 Å². The van der Waals surface area contributed by atoms with Gasteiger partial charge < -0.3 is 0 Å². The van der Waals surface area contributed by atoms with Crippen molar-refractivity contribution in [1.82, 2.24) is 0 Å². The number of ketones is 1. The van der Waals surface area contributed by atoms with Crippen molar-refractivity contribution in [2.24, 2.45) is 5.92 Å². The van der Waals surface area contributed by atoms with Gasteiger partial charge in [-0.3, -0.25) is 4.79 Å². The first-order valence-corrected chi connectivity index (χ1v) is 2.77. The molecule has 0 bridgehead atoms. The van der Waals surface area contributed by atoms with Gasteiger partial charge in [0, 0.05) is 6.42 Å². The minimum absolute atomic E-state index is 0.478. The molecule has 0 N–H and O–H groups in total. The van der Waals surface area contributed by atoms with E-state index in [1.165, 1.54) is 6.92 Å². The Labute approximate surface area is 57.2 Å². The van der Waals surface area contributed by atoms with Crippen LogP contribution in [0.4, 0.5) is 13.2 Å². The van der Waals surface area contributed by atoms with E-state index in [9.17, 15) is 18.0 Å². The van der Waals surface area contributed by atoms with Gasteiger partial charge in [0.25, 0.3) is 0 Å². The van der Waals surface area contributed by atoms with Crippen LogP contribution in [-0.4, -0.2) is 12.0 Å². The molecule has 0 fully saturated rings. The van der Waals surface area contributed by atoms with E-state index in [2.05, 4.69) is 6.92 Å². The Morgan fingerprint density at radius 2 is 2.00 bits per heavy atom. The lowest BCUT2D eigenvalue weighted by molar-refractivity contribution is -0.171. The molecule has 10 heavy (non-hydrogen) atoms. The van der Waals surface area contributed by atoms with Gasteiger partial charge in [-0.15, -0.1) is 0 Å². The number of rotatable bonds is 2. The van der Waals surface area contributed by atoms with Gasteiger partial charge in [0.05, 0.1) is 0 Å². The molecular formula is C6H8F3O.